The predicted molar refractivity (Wildman–Crippen MR) is 59.4 cm³/mol. The summed E-state index contributed by atoms with van der Waals surface area (Å²) in [4.78, 5) is 14.4. The first-order chi connectivity index (χ1) is 7.72. The summed E-state index contributed by atoms with van der Waals surface area (Å²) in [5.41, 5.74) is 1.21. The predicted octanol–water partition coefficient (Wildman–Crippen LogP) is 3.10. The Labute approximate surface area is 94.2 Å². The van der Waals surface area contributed by atoms with Gasteiger partial charge in [0.25, 0.3) is 0 Å². The molecule has 1 aromatic rings. The van der Waals surface area contributed by atoms with Gasteiger partial charge in [0, 0.05) is 0 Å². The number of aliphatic imine (C=N–C) groups is 1. The summed E-state index contributed by atoms with van der Waals surface area (Å²) < 4.78 is 13.4. The molecule has 0 amide bonds. The fraction of sp³-hybridized carbons (Fsp3) is 0.462. The van der Waals surface area contributed by atoms with Crippen LogP contribution in [0.15, 0.2) is 23.2 Å². The van der Waals surface area contributed by atoms with Gasteiger partial charge in [-0.1, -0.05) is 19.1 Å². The van der Waals surface area contributed by atoms with Gasteiger partial charge in [-0.05, 0) is 42.9 Å². The summed E-state index contributed by atoms with van der Waals surface area (Å²) in [6.07, 6.45) is 5.07. The lowest BCUT2D eigenvalue weighted by atomic mass is 9.72. The van der Waals surface area contributed by atoms with Gasteiger partial charge < -0.3 is 0 Å². The molecule has 2 nitrogen and oxygen atoms in total. The van der Waals surface area contributed by atoms with Crippen LogP contribution in [0.4, 0.5) is 4.39 Å². The average Bonchev–Trinajstić information content (AvgIpc) is 2.24. The second-order valence-corrected chi connectivity index (χ2v) is 4.25. The van der Waals surface area contributed by atoms with E-state index < -0.39 is 5.54 Å². The number of isocyanates is 1. The third-order valence-electron chi connectivity index (χ3n) is 3.40. The van der Waals surface area contributed by atoms with Gasteiger partial charge in [-0.15, -0.1) is 0 Å². The lowest BCUT2D eigenvalue weighted by Crippen LogP contribution is -2.32. The van der Waals surface area contributed by atoms with E-state index >= 15 is 0 Å². The van der Waals surface area contributed by atoms with Crippen molar-refractivity contribution in [1.29, 1.82) is 0 Å². The third-order valence-corrected chi connectivity index (χ3v) is 3.40. The fourth-order valence-electron chi connectivity index (χ4n) is 2.20. The van der Waals surface area contributed by atoms with E-state index in [1.165, 1.54) is 6.07 Å². The Bertz CT molecular complexity index is 445. The highest BCUT2D eigenvalue weighted by atomic mass is 19.1. The molecule has 1 aromatic carbocycles. The number of carbonyl (C=O) groups excluding carboxylic acids is 1. The maximum Gasteiger partial charge on any atom is 0.235 e. The summed E-state index contributed by atoms with van der Waals surface area (Å²) >= 11 is 0. The number of halogens is 1. The van der Waals surface area contributed by atoms with Crippen molar-refractivity contribution in [2.45, 2.75) is 38.1 Å². The number of aryl methyl sites for hydroxylation is 1. The third kappa shape index (κ3) is 1.68. The monoisotopic (exact) mass is 219 g/mol. The van der Waals surface area contributed by atoms with Crippen molar-refractivity contribution in [3.05, 3.63) is 35.1 Å². The van der Waals surface area contributed by atoms with Gasteiger partial charge in [0.1, 0.15) is 5.82 Å². The van der Waals surface area contributed by atoms with Crippen molar-refractivity contribution >= 4 is 6.08 Å². The molecule has 1 saturated carbocycles. The van der Waals surface area contributed by atoms with Gasteiger partial charge in [-0.25, -0.2) is 9.18 Å². The van der Waals surface area contributed by atoms with Gasteiger partial charge >= 0.3 is 0 Å². The minimum Gasteiger partial charge on any atom is -0.211 e. The fourth-order valence-corrected chi connectivity index (χ4v) is 2.20. The highest BCUT2D eigenvalue weighted by Crippen LogP contribution is 2.44. The Hall–Kier alpha value is -1.47. The highest BCUT2D eigenvalue weighted by Gasteiger charge is 2.39. The molecule has 1 fully saturated rings. The molecule has 2 rings (SSSR count). The second kappa shape index (κ2) is 4.18. The average molecular weight is 219 g/mol. The van der Waals surface area contributed by atoms with Crippen LogP contribution in [0, 0.1) is 5.82 Å². The number of benzene rings is 1. The molecule has 3 heteroatoms. The minimum atomic E-state index is -0.417. The van der Waals surface area contributed by atoms with Crippen molar-refractivity contribution in [2.24, 2.45) is 4.99 Å². The summed E-state index contributed by atoms with van der Waals surface area (Å²) in [6, 6.07) is 5.03. The molecule has 0 aliphatic heterocycles. The zero-order chi connectivity index (χ0) is 11.6. The molecule has 16 heavy (non-hydrogen) atoms. The number of nitrogens with zero attached hydrogens (tertiary/aromatic N) is 1. The lowest BCUT2D eigenvalue weighted by molar-refractivity contribution is 0.255. The van der Waals surface area contributed by atoms with E-state index in [1.807, 2.05) is 13.0 Å². The van der Waals surface area contributed by atoms with E-state index in [2.05, 4.69) is 4.99 Å². The number of hydrogen-bond donors (Lipinski definition) is 0. The molecule has 0 spiro atoms. The van der Waals surface area contributed by atoms with Crippen LogP contribution in [0.1, 0.15) is 37.3 Å². The summed E-state index contributed by atoms with van der Waals surface area (Å²) in [7, 11) is 0. The van der Waals surface area contributed by atoms with Crippen molar-refractivity contribution in [3.63, 3.8) is 0 Å². The quantitative estimate of drug-likeness (QED) is 0.567. The second-order valence-electron chi connectivity index (χ2n) is 4.25. The zero-order valence-electron chi connectivity index (χ0n) is 9.29. The van der Waals surface area contributed by atoms with Gasteiger partial charge in [-0.2, -0.15) is 4.99 Å². The van der Waals surface area contributed by atoms with Crippen molar-refractivity contribution < 1.29 is 9.18 Å². The zero-order valence-corrected chi connectivity index (χ0v) is 9.29. The van der Waals surface area contributed by atoms with Crippen molar-refractivity contribution in [2.75, 3.05) is 0 Å². The summed E-state index contributed by atoms with van der Waals surface area (Å²) in [5.74, 6) is -0.184. The van der Waals surface area contributed by atoms with Crippen LogP contribution in [0.5, 0.6) is 0 Å². The van der Waals surface area contributed by atoms with E-state index in [4.69, 9.17) is 0 Å². The van der Waals surface area contributed by atoms with E-state index in [0.29, 0.717) is 12.0 Å². The molecule has 0 N–H and O–H groups in total. The number of rotatable bonds is 3. The highest BCUT2D eigenvalue weighted by molar-refractivity contribution is 5.40. The summed E-state index contributed by atoms with van der Waals surface area (Å²) in [5, 5.41) is 0. The molecule has 0 atom stereocenters. The van der Waals surface area contributed by atoms with E-state index in [-0.39, 0.29) is 5.82 Å². The molecule has 0 radical (unpaired) electrons. The van der Waals surface area contributed by atoms with Crippen LogP contribution in [-0.2, 0) is 16.8 Å². The molecule has 0 heterocycles. The van der Waals surface area contributed by atoms with Crippen LogP contribution < -0.4 is 0 Å². The van der Waals surface area contributed by atoms with Crippen LogP contribution in [-0.4, -0.2) is 6.08 Å². The van der Waals surface area contributed by atoms with E-state index in [9.17, 15) is 9.18 Å². The first-order valence-corrected chi connectivity index (χ1v) is 5.60. The van der Waals surface area contributed by atoms with Gasteiger partial charge in [-0.3, -0.25) is 0 Å². The topological polar surface area (TPSA) is 29.4 Å². The molecular weight excluding hydrogens is 205 g/mol. The van der Waals surface area contributed by atoms with Crippen molar-refractivity contribution in [1.82, 2.24) is 0 Å². The maximum atomic E-state index is 13.4. The van der Waals surface area contributed by atoms with Crippen molar-refractivity contribution in [3.8, 4) is 0 Å². The van der Waals surface area contributed by atoms with Gasteiger partial charge in [0.05, 0.1) is 5.54 Å². The van der Waals surface area contributed by atoms with Gasteiger partial charge in [0.2, 0.25) is 6.08 Å². The first-order valence-electron chi connectivity index (χ1n) is 5.60. The normalized spacial score (nSPS) is 17.4. The number of hydrogen-bond acceptors (Lipinski definition) is 2. The molecule has 84 valence electrons. The maximum absolute atomic E-state index is 13.4. The molecular formula is C13H14FNO. The lowest BCUT2D eigenvalue weighted by Gasteiger charge is -2.37. The Balaban J connectivity index is 2.43. The van der Waals surface area contributed by atoms with E-state index in [0.717, 1.165) is 24.8 Å². The van der Waals surface area contributed by atoms with Crippen LogP contribution in [0.25, 0.3) is 0 Å². The molecule has 0 unspecified atom stereocenters. The molecule has 1 aliphatic carbocycles. The summed E-state index contributed by atoms with van der Waals surface area (Å²) in [6.45, 7) is 1.92. The van der Waals surface area contributed by atoms with Crippen LogP contribution >= 0.6 is 0 Å². The van der Waals surface area contributed by atoms with Gasteiger partial charge in [0.15, 0.2) is 0 Å². The largest absolute Gasteiger partial charge is 0.235 e. The van der Waals surface area contributed by atoms with Crippen LogP contribution in [0.3, 0.4) is 0 Å². The Morgan fingerprint density at radius 1 is 1.50 bits per heavy atom. The minimum absolute atomic E-state index is 0.184. The molecule has 0 saturated heterocycles. The SMILES string of the molecule is CCc1cc(C2(N=C=O)CCC2)ccc1F. The first kappa shape index (κ1) is 11.0. The van der Waals surface area contributed by atoms with Crippen LogP contribution in [0.2, 0.25) is 0 Å². The van der Waals surface area contributed by atoms with E-state index in [1.54, 1.807) is 12.1 Å². The standard InChI is InChI=1S/C13H14FNO/c1-2-10-8-11(4-5-12(10)14)13(15-9-16)6-3-7-13/h4-5,8H,2-3,6-7H2,1H3. The smallest absolute Gasteiger partial charge is 0.211 e. The molecule has 0 bridgehead atoms. The Morgan fingerprint density at radius 3 is 2.75 bits per heavy atom. The molecule has 0 aromatic heterocycles. The molecule has 1 aliphatic rings. The Kier molecular flexibility index (Phi) is 2.88. The Morgan fingerprint density at radius 2 is 2.25 bits per heavy atom.